The smallest absolute Gasteiger partial charge is 0.245 e. The van der Waals surface area contributed by atoms with Crippen LogP contribution in [0.25, 0.3) is 10.9 Å². The normalized spacial score (nSPS) is 17.7. The first kappa shape index (κ1) is 18.6. The number of benzene rings is 2. The van der Waals surface area contributed by atoms with Crippen LogP contribution in [0, 0.1) is 6.92 Å². The Balaban J connectivity index is 1.66. The molecule has 1 saturated heterocycles. The molecule has 1 amide bonds. The first-order valence-electron chi connectivity index (χ1n) is 9.20. The second kappa shape index (κ2) is 7.33. The number of rotatable bonds is 4. The second-order valence-electron chi connectivity index (χ2n) is 6.96. The lowest BCUT2D eigenvalue weighted by atomic mass is 10.2. The molecule has 0 aliphatic carbocycles. The number of hydrogen-bond donors (Lipinski definition) is 1. The zero-order valence-corrected chi connectivity index (χ0v) is 16.3. The van der Waals surface area contributed by atoms with Crippen LogP contribution in [0.5, 0.6) is 0 Å². The Morgan fingerprint density at radius 1 is 1.14 bits per heavy atom. The number of pyridine rings is 1. The van der Waals surface area contributed by atoms with Gasteiger partial charge in [-0.2, -0.15) is 4.31 Å². The molecule has 144 valence electrons. The average molecular weight is 395 g/mol. The van der Waals surface area contributed by atoms with E-state index in [0.717, 1.165) is 10.9 Å². The molecule has 1 aliphatic rings. The maximum atomic E-state index is 13.4. The Morgan fingerprint density at radius 3 is 2.75 bits per heavy atom. The highest BCUT2D eigenvalue weighted by molar-refractivity contribution is 7.89. The van der Waals surface area contributed by atoms with Gasteiger partial charge in [0.15, 0.2) is 0 Å². The van der Waals surface area contributed by atoms with Crippen molar-refractivity contribution in [3.05, 3.63) is 66.4 Å². The van der Waals surface area contributed by atoms with E-state index in [1.54, 1.807) is 30.5 Å². The molecule has 0 bridgehead atoms. The molecule has 2 aromatic carbocycles. The van der Waals surface area contributed by atoms with Crippen molar-refractivity contribution >= 4 is 32.5 Å². The molecule has 1 aliphatic heterocycles. The summed E-state index contributed by atoms with van der Waals surface area (Å²) in [7, 11) is -3.85. The molecule has 7 heteroatoms. The molecule has 0 spiro atoms. The van der Waals surface area contributed by atoms with E-state index in [2.05, 4.69) is 10.3 Å². The van der Waals surface area contributed by atoms with Gasteiger partial charge in [0, 0.05) is 23.8 Å². The number of nitrogens with zero attached hydrogens (tertiary/aromatic N) is 2. The van der Waals surface area contributed by atoms with Gasteiger partial charge in [0.05, 0.1) is 5.52 Å². The van der Waals surface area contributed by atoms with E-state index in [1.165, 1.54) is 4.31 Å². The van der Waals surface area contributed by atoms with Gasteiger partial charge in [0.1, 0.15) is 10.9 Å². The summed E-state index contributed by atoms with van der Waals surface area (Å²) in [5.41, 5.74) is 2.12. The number of hydrogen-bond acceptors (Lipinski definition) is 4. The van der Waals surface area contributed by atoms with E-state index in [9.17, 15) is 13.2 Å². The molecular weight excluding hydrogens is 374 g/mol. The van der Waals surface area contributed by atoms with E-state index in [4.69, 9.17) is 0 Å². The van der Waals surface area contributed by atoms with Crippen molar-refractivity contribution in [3.63, 3.8) is 0 Å². The van der Waals surface area contributed by atoms with Crippen molar-refractivity contribution in [2.24, 2.45) is 0 Å². The third-order valence-electron chi connectivity index (χ3n) is 4.97. The fourth-order valence-electron chi connectivity index (χ4n) is 3.65. The number of carbonyl (C=O) groups is 1. The number of anilines is 1. The molecule has 2 heterocycles. The number of amides is 1. The number of sulfonamides is 1. The standard InChI is InChI=1S/C21H21N3O3S/c1-15-6-2-9-17(14-15)23-21(25)18-10-5-13-24(18)28(26,27)19-11-3-7-16-8-4-12-22-20(16)19/h2-4,6-9,11-12,14,18H,5,10,13H2,1H3,(H,23,25)/t18-/m0/s1. The molecule has 6 nitrogen and oxygen atoms in total. The largest absolute Gasteiger partial charge is 0.325 e. The minimum absolute atomic E-state index is 0.140. The maximum Gasteiger partial charge on any atom is 0.245 e. The number of nitrogens with one attached hydrogen (secondary N) is 1. The van der Waals surface area contributed by atoms with Gasteiger partial charge in [-0.25, -0.2) is 8.42 Å². The highest BCUT2D eigenvalue weighted by Crippen LogP contribution is 2.30. The molecule has 1 atom stereocenters. The minimum atomic E-state index is -3.85. The van der Waals surface area contributed by atoms with Gasteiger partial charge in [-0.3, -0.25) is 9.78 Å². The van der Waals surface area contributed by atoms with Crippen LogP contribution in [-0.4, -0.2) is 36.2 Å². The average Bonchev–Trinajstić information content (AvgIpc) is 3.18. The number of fused-ring (bicyclic) bond motifs is 1. The third kappa shape index (κ3) is 3.39. The van der Waals surface area contributed by atoms with Gasteiger partial charge >= 0.3 is 0 Å². The maximum absolute atomic E-state index is 13.4. The van der Waals surface area contributed by atoms with Gasteiger partial charge in [-0.1, -0.05) is 30.3 Å². The van der Waals surface area contributed by atoms with Crippen LogP contribution < -0.4 is 5.32 Å². The van der Waals surface area contributed by atoms with E-state index >= 15 is 0 Å². The SMILES string of the molecule is Cc1cccc(NC(=O)[C@@H]2CCCN2S(=O)(=O)c2cccc3cccnc23)c1. The Labute approximate surface area is 164 Å². The van der Waals surface area contributed by atoms with Crippen molar-refractivity contribution in [1.82, 2.24) is 9.29 Å². The predicted octanol–water partition coefficient (Wildman–Crippen LogP) is 3.34. The molecule has 1 N–H and O–H groups in total. The predicted molar refractivity (Wildman–Crippen MR) is 108 cm³/mol. The van der Waals surface area contributed by atoms with Gasteiger partial charge in [-0.05, 0) is 49.6 Å². The number of aryl methyl sites for hydroxylation is 1. The number of aromatic nitrogens is 1. The Hall–Kier alpha value is -2.77. The summed E-state index contributed by atoms with van der Waals surface area (Å²) < 4.78 is 28.1. The Morgan fingerprint density at radius 2 is 1.93 bits per heavy atom. The Kier molecular flexibility index (Phi) is 4.87. The summed E-state index contributed by atoms with van der Waals surface area (Å²) in [6, 6.07) is 15.4. The van der Waals surface area contributed by atoms with E-state index in [0.29, 0.717) is 30.6 Å². The summed E-state index contributed by atoms with van der Waals surface area (Å²) in [4.78, 5) is 17.2. The lowest BCUT2D eigenvalue weighted by Crippen LogP contribution is -2.43. The third-order valence-corrected chi connectivity index (χ3v) is 6.91. The van der Waals surface area contributed by atoms with Crippen LogP contribution in [0.3, 0.4) is 0 Å². The van der Waals surface area contributed by atoms with Gasteiger partial charge in [0.2, 0.25) is 15.9 Å². The summed E-state index contributed by atoms with van der Waals surface area (Å²) in [5, 5.41) is 3.61. The molecule has 3 aromatic rings. The molecule has 0 unspecified atom stereocenters. The fourth-order valence-corrected chi connectivity index (χ4v) is 5.47. The molecule has 4 rings (SSSR count). The zero-order valence-electron chi connectivity index (χ0n) is 15.5. The second-order valence-corrected chi connectivity index (χ2v) is 8.82. The summed E-state index contributed by atoms with van der Waals surface area (Å²) in [6.07, 6.45) is 2.71. The van der Waals surface area contributed by atoms with Gasteiger partial charge in [-0.15, -0.1) is 0 Å². The summed E-state index contributed by atoms with van der Waals surface area (Å²) in [6.45, 7) is 2.26. The lowest BCUT2D eigenvalue weighted by molar-refractivity contribution is -0.119. The molecule has 1 fully saturated rings. The van der Waals surface area contributed by atoms with Crippen LogP contribution in [0.4, 0.5) is 5.69 Å². The molecule has 0 radical (unpaired) electrons. The van der Waals surface area contributed by atoms with Crippen molar-refractivity contribution < 1.29 is 13.2 Å². The number of carbonyl (C=O) groups excluding carboxylic acids is 1. The molecule has 0 saturated carbocycles. The van der Waals surface area contributed by atoms with Crippen LogP contribution >= 0.6 is 0 Å². The van der Waals surface area contributed by atoms with E-state index in [1.807, 2.05) is 37.3 Å². The summed E-state index contributed by atoms with van der Waals surface area (Å²) in [5.74, 6) is -0.306. The van der Waals surface area contributed by atoms with Crippen molar-refractivity contribution in [1.29, 1.82) is 0 Å². The van der Waals surface area contributed by atoms with Gasteiger partial charge in [0.25, 0.3) is 0 Å². The quantitative estimate of drug-likeness (QED) is 0.735. The number of para-hydroxylation sites is 1. The highest BCUT2D eigenvalue weighted by Gasteiger charge is 2.40. The molecular formula is C21H21N3O3S. The monoisotopic (exact) mass is 395 g/mol. The zero-order chi connectivity index (χ0) is 19.7. The van der Waals surface area contributed by atoms with Crippen molar-refractivity contribution in [2.45, 2.75) is 30.7 Å². The first-order valence-corrected chi connectivity index (χ1v) is 10.6. The van der Waals surface area contributed by atoms with Gasteiger partial charge < -0.3 is 5.32 Å². The lowest BCUT2D eigenvalue weighted by Gasteiger charge is -2.24. The summed E-state index contributed by atoms with van der Waals surface area (Å²) >= 11 is 0. The van der Waals surface area contributed by atoms with E-state index in [-0.39, 0.29) is 10.8 Å². The fraction of sp³-hybridized carbons (Fsp3) is 0.238. The van der Waals surface area contributed by atoms with Crippen LogP contribution in [0.1, 0.15) is 18.4 Å². The topological polar surface area (TPSA) is 79.4 Å². The molecule has 28 heavy (non-hydrogen) atoms. The van der Waals surface area contributed by atoms with Crippen LogP contribution in [0.2, 0.25) is 0 Å². The first-order chi connectivity index (χ1) is 13.5. The van der Waals surface area contributed by atoms with Crippen LogP contribution in [0.15, 0.2) is 65.7 Å². The van der Waals surface area contributed by atoms with E-state index < -0.39 is 16.1 Å². The minimum Gasteiger partial charge on any atom is -0.325 e. The highest BCUT2D eigenvalue weighted by atomic mass is 32.2. The molecule has 1 aromatic heterocycles. The van der Waals surface area contributed by atoms with Crippen LogP contribution in [-0.2, 0) is 14.8 Å². The van der Waals surface area contributed by atoms with Crippen molar-refractivity contribution in [3.8, 4) is 0 Å². The van der Waals surface area contributed by atoms with Crippen molar-refractivity contribution in [2.75, 3.05) is 11.9 Å². The Bertz CT molecular complexity index is 1140.